The Kier molecular flexibility index (Phi) is 6.45. The van der Waals surface area contributed by atoms with Gasteiger partial charge in [0.05, 0.1) is 0 Å². The topological polar surface area (TPSA) is 32.5 Å². The van der Waals surface area contributed by atoms with Gasteiger partial charge >= 0.3 is 0 Å². The first-order valence-electron chi connectivity index (χ1n) is 7.30. The predicted molar refractivity (Wildman–Crippen MR) is 75.2 cm³/mol. The highest BCUT2D eigenvalue weighted by atomic mass is 15.2. The normalized spacial score (nSPS) is 23.8. The zero-order chi connectivity index (χ0) is 12.8. The first-order valence-corrected chi connectivity index (χ1v) is 7.30. The molecule has 1 fully saturated rings. The van der Waals surface area contributed by atoms with E-state index in [0.717, 1.165) is 12.5 Å². The van der Waals surface area contributed by atoms with Crippen LogP contribution in [-0.4, -0.2) is 54.6 Å². The van der Waals surface area contributed by atoms with Crippen molar-refractivity contribution in [3.8, 4) is 0 Å². The van der Waals surface area contributed by atoms with Gasteiger partial charge in [0.1, 0.15) is 0 Å². The quantitative estimate of drug-likeness (QED) is 0.737. The fourth-order valence-electron chi connectivity index (χ4n) is 2.72. The molecule has 3 nitrogen and oxygen atoms in total. The third kappa shape index (κ3) is 4.57. The number of likely N-dealkylation sites (N-methyl/N-ethyl adjacent to an activating group) is 1. The molecule has 1 saturated heterocycles. The molecular formula is C14H31N3. The maximum atomic E-state index is 6.10. The van der Waals surface area contributed by atoms with E-state index in [1.165, 1.54) is 39.1 Å². The molecule has 0 radical (unpaired) electrons. The number of nitrogens with two attached hydrogens (primary N) is 1. The Balaban J connectivity index is 2.26. The van der Waals surface area contributed by atoms with Crippen LogP contribution in [0.4, 0.5) is 0 Å². The van der Waals surface area contributed by atoms with Gasteiger partial charge in [-0.3, -0.25) is 4.90 Å². The molecule has 0 aromatic heterocycles. The van der Waals surface area contributed by atoms with Crippen molar-refractivity contribution in [3.63, 3.8) is 0 Å². The van der Waals surface area contributed by atoms with Crippen molar-refractivity contribution in [2.24, 2.45) is 11.7 Å². The van der Waals surface area contributed by atoms with Gasteiger partial charge in [-0.05, 0) is 44.9 Å². The van der Waals surface area contributed by atoms with Gasteiger partial charge in [-0.25, -0.2) is 0 Å². The molecule has 0 aliphatic carbocycles. The van der Waals surface area contributed by atoms with Crippen LogP contribution in [0.25, 0.3) is 0 Å². The minimum atomic E-state index is 0.363. The van der Waals surface area contributed by atoms with Gasteiger partial charge in [0.25, 0.3) is 0 Å². The molecule has 3 heteroatoms. The zero-order valence-corrected chi connectivity index (χ0v) is 12.2. The maximum absolute atomic E-state index is 6.10. The van der Waals surface area contributed by atoms with Crippen LogP contribution in [0.2, 0.25) is 0 Å². The van der Waals surface area contributed by atoms with Crippen LogP contribution in [0, 0.1) is 5.92 Å². The van der Waals surface area contributed by atoms with E-state index in [0.29, 0.717) is 12.0 Å². The summed E-state index contributed by atoms with van der Waals surface area (Å²) >= 11 is 0. The summed E-state index contributed by atoms with van der Waals surface area (Å²) in [5, 5.41) is 0. The van der Waals surface area contributed by atoms with Gasteiger partial charge in [-0.2, -0.15) is 0 Å². The van der Waals surface area contributed by atoms with Crippen LogP contribution in [-0.2, 0) is 0 Å². The Labute approximate surface area is 107 Å². The summed E-state index contributed by atoms with van der Waals surface area (Å²) in [6.45, 7) is 15.0. The van der Waals surface area contributed by atoms with Crippen LogP contribution < -0.4 is 5.73 Å². The number of hydrogen-bond donors (Lipinski definition) is 1. The molecule has 102 valence electrons. The highest BCUT2D eigenvalue weighted by molar-refractivity contribution is 4.83. The molecule has 0 aromatic rings. The van der Waals surface area contributed by atoms with E-state index in [1.54, 1.807) is 0 Å². The highest BCUT2D eigenvalue weighted by Crippen LogP contribution is 2.16. The van der Waals surface area contributed by atoms with Gasteiger partial charge in [-0.15, -0.1) is 0 Å². The van der Waals surface area contributed by atoms with E-state index in [4.69, 9.17) is 5.73 Å². The molecule has 1 aliphatic heterocycles. The second-order valence-corrected chi connectivity index (χ2v) is 5.66. The van der Waals surface area contributed by atoms with Gasteiger partial charge < -0.3 is 10.6 Å². The first kappa shape index (κ1) is 14.9. The van der Waals surface area contributed by atoms with E-state index >= 15 is 0 Å². The molecule has 1 rings (SSSR count). The molecule has 2 unspecified atom stereocenters. The van der Waals surface area contributed by atoms with E-state index < -0.39 is 0 Å². The Morgan fingerprint density at radius 3 is 2.47 bits per heavy atom. The minimum absolute atomic E-state index is 0.363. The Morgan fingerprint density at radius 1 is 1.29 bits per heavy atom. The summed E-state index contributed by atoms with van der Waals surface area (Å²) < 4.78 is 0. The largest absolute Gasteiger partial charge is 0.327 e. The lowest BCUT2D eigenvalue weighted by Gasteiger charge is -2.26. The van der Waals surface area contributed by atoms with Gasteiger partial charge in [-0.1, -0.05) is 27.7 Å². The minimum Gasteiger partial charge on any atom is -0.327 e. The highest BCUT2D eigenvalue weighted by Gasteiger charge is 2.26. The van der Waals surface area contributed by atoms with Crippen LogP contribution in [0.3, 0.4) is 0 Å². The van der Waals surface area contributed by atoms with Crippen molar-refractivity contribution in [1.82, 2.24) is 9.80 Å². The number of nitrogens with zero attached hydrogens (tertiary/aromatic N) is 2. The average Bonchev–Trinajstić information content (AvgIpc) is 2.76. The molecule has 0 bridgehead atoms. The zero-order valence-electron chi connectivity index (χ0n) is 12.2. The Bertz CT molecular complexity index is 202. The second-order valence-electron chi connectivity index (χ2n) is 5.66. The SMILES string of the molecule is CCN(CC)C1CCN(CCC(N)C(C)C)C1. The second kappa shape index (κ2) is 7.34. The molecule has 1 aliphatic rings. The summed E-state index contributed by atoms with van der Waals surface area (Å²) in [7, 11) is 0. The summed E-state index contributed by atoms with van der Waals surface area (Å²) in [6, 6.07) is 1.14. The number of rotatable bonds is 7. The fraction of sp³-hybridized carbons (Fsp3) is 1.00. The van der Waals surface area contributed by atoms with Gasteiger partial charge in [0.15, 0.2) is 0 Å². The number of hydrogen-bond acceptors (Lipinski definition) is 3. The van der Waals surface area contributed by atoms with Crippen molar-refractivity contribution in [2.75, 3.05) is 32.7 Å². The Hall–Kier alpha value is -0.120. The standard InChI is InChI=1S/C14H31N3/c1-5-17(6-2)13-7-9-16(11-13)10-8-14(15)12(3)4/h12-14H,5-11,15H2,1-4H3. The van der Waals surface area contributed by atoms with Crippen LogP contribution in [0.5, 0.6) is 0 Å². The third-order valence-electron chi connectivity index (χ3n) is 4.21. The fourth-order valence-corrected chi connectivity index (χ4v) is 2.72. The van der Waals surface area contributed by atoms with E-state index in [2.05, 4.69) is 37.5 Å². The average molecular weight is 241 g/mol. The van der Waals surface area contributed by atoms with Gasteiger partial charge in [0, 0.05) is 18.6 Å². The van der Waals surface area contributed by atoms with Crippen molar-refractivity contribution in [3.05, 3.63) is 0 Å². The molecule has 2 atom stereocenters. The molecule has 1 heterocycles. The molecular weight excluding hydrogens is 210 g/mol. The van der Waals surface area contributed by atoms with Crippen LogP contribution >= 0.6 is 0 Å². The predicted octanol–water partition coefficient (Wildman–Crippen LogP) is 1.78. The van der Waals surface area contributed by atoms with Crippen LogP contribution in [0.1, 0.15) is 40.5 Å². The summed E-state index contributed by atoms with van der Waals surface area (Å²) in [5.41, 5.74) is 6.10. The molecule has 17 heavy (non-hydrogen) atoms. The first-order chi connectivity index (χ1) is 8.08. The van der Waals surface area contributed by atoms with Crippen molar-refractivity contribution in [1.29, 1.82) is 0 Å². The lowest BCUT2D eigenvalue weighted by Crippen LogP contribution is -2.38. The molecule has 0 aromatic carbocycles. The lowest BCUT2D eigenvalue weighted by atomic mass is 10.0. The van der Waals surface area contributed by atoms with Crippen LogP contribution in [0.15, 0.2) is 0 Å². The van der Waals surface area contributed by atoms with E-state index in [9.17, 15) is 0 Å². The molecule has 0 spiro atoms. The van der Waals surface area contributed by atoms with Crippen molar-refractivity contribution < 1.29 is 0 Å². The third-order valence-corrected chi connectivity index (χ3v) is 4.21. The molecule has 0 saturated carbocycles. The van der Waals surface area contributed by atoms with Crippen molar-refractivity contribution >= 4 is 0 Å². The molecule has 2 N–H and O–H groups in total. The molecule has 0 amide bonds. The smallest absolute Gasteiger partial charge is 0.0235 e. The summed E-state index contributed by atoms with van der Waals surface area (Å²) in [5.74, 6) is 0.608. The maximum Gasteiger partial charge on any atom is 0.0235 e. The summed E-state index contributed by atoms with van der Waals surface area (Å²) in [4.78, 5) is 5.17. The Morgan fingerprint density at radius 2 is 1.94 bits per heavy atom. The number of likely N-dealkylation sites (tertiary alicyclic amines) is 1. The van der Waals surface area contributed by atoms with E-state index in [-0.39, 0.29) is 0 Å². The van der Waals surface area contributed by atoms with Crippen molar-refractivity contribution in [2.45, 2.75) is 52.6 Å². The lowest BCUT2D eigenvalue weighted by molar-refractivity contribution is 0.208. The monoisotopic (exact) mass is 241 g/mol. The van der Waals surface area contributed by atoms with Gasteiger partial charge in [0.2, 0.25) is 0 Å². The van der Waals surface area contributed by atoms with E-state index in [1.807, 2.05) is 0 Å². The summed E-state index contributed by atoms with van der Waals surface area (Å²) in [6.07, 6.45) is 2.47.